The van der Waals surface area contributed by atoms with Crippen LogP contribution in [0.1, 0.15) is 5.56 Å². The monoisotopic (exact) mass is 175 g/mol. The second-order valence-electron chi connectivity index (χ2n) is 2.24. The van der Waals surface area contributed by atoms with E-state index >= 15 is 0 Å². The third-order valence-electron chi connectivity index (χ3n) is 1.35. The predicted molar refractivity (Wildman–Crippen MR) is 52.1 cm³/mol. The molecular formula is C10H9NS. The molecular weight excluding hydrogens is 166 g/mol. The van der Waals surface area contributed by atoms with E-state index in [4.69, 9.17) is 5.26 Å². The van der Waals surface area contributed by atoms with Gasteiger partial charge in [-0.3, -0.25) is 0 Å². The fourth-order valence-electron chi connectivity index (χ4n) is 0.781. The third kappa shape index (κ3) is 2.44. The lowest BCUT2D eigenvalue weighted by atomic mass is 10.2. The van der Waals surface area contributed by atoms with E-state index in [1.54, 1.807) is 11.8 Å². The van der Waals surface area contributed by atoms with Crippen LogP contribution < -0.4 is 0 Å². The predicted octanol–water partition coefficient (Wildman–Crippen LogP) is 2.84. The molecule has 1 aromatic rings. The van der Waals surface area contributed by atoms with Crippen molar-refractivity contribution in [3.8, 4) is 6.07 Å². The summed E-state index contributed by atoms with van der Waals surface area (Å²) in [6, 6.07) is 9.63. The number of rotatable bonds is 3. The van der Waals surface area contributed by atoms with Gasteiger partial charge in [-0.05, 0) is 24.3 Å². The van der Waals surface area contributed by atoms with Crippen LogP contribution in [0, 0.1) is 11.3 Å². The molecule has 0 radical (unpaired) electrons. The first-order valence-electron chi connectivity index (χ1n) is 3.60. The highest BCUT2D eigenvalue weighted by molar-refractivity contribution is 7.99. The smallest absolute Gasteiger partial charge is 0.0991 e. The minimum Gasteiger partial charge on any atom is -0.192 e. The second kappa shape index (κ2) is 4.63. The van der Waals surface area contributed by atoms with Crippen molar-refractivity contribution >= 4 is 11.8 Å². The summed E-state index contributed by atoms with van der Waals surface area (Å²) in [6.45, 7) is 3.64. The van der Waals surface area contributed by atoms with E-state index in [2.05, 4.69) is 12.6 Å². The Bertz CT molecular complexity index is 295. The van der Waals surface area contributed by atoms with E-state index in [1.807, 2.05) is 30.3 Å². The van der Waals surface area contributed by atoms with E-state index in [0.29, 0.717) is 5.56 Å². The first-order valence-corrected chi connectivity index (χ1v) is 4.59. The summed E-state index contributed by atoms with van der Waals surface area (Å²) in [7, 11) is 0. The van der Waals surface area contributed by atoms with Crippen molar-refractivity contribution in [3.63, 3.8) is 0 Å². The number of thioether (sulfide) groups is 1. The number of nitriles is 1. The number of hydrogen-bond acceptors (Lipinski definition) is 2. The van der Waals surface area contributed by atoms with Crippen LogP contribution in [0.5, 0.6) is 0 Å². The van der Waals surface area contributed by atoms with Gasteiger partial charge in [0.2, 0.25) is 0 Å². The molecule has 0 aliphatic heterocycles. The van der Waals surface area contributed by atoms with Crippen LogP contribution in [-0.4, -0.2) is 5.75 Å². The molecule has 1 nitrogen and oxygen atoms in total. The van der Waals surface area contributed by atoms with Gasteiger partial charge in [0.05, 0.1) is 11.6 Å². The van der Waals surface area contributed by atoms with Crippen molar-refractivity contribution in [1.29, 1.82) is 5.26 Å². The van der Waals surface area contributed by atoms with Gasteiger partial charge in [-0.1, -0.05) is 6.08 Å². The molecule has 0 saturated carbocycles. The molecule has 0 fully saturated rings. The number of benzene rings is 1. The topological polar surface area (TPSA) is 23.8 Å². The minimum atomic E-state index is 0.706. The maximum Gasteiger partial charge on any atom is 0.0991 e. The fourth-order valence-corrected chi connectivity index (χ4v) is 1.42. The lowest BCUT2D eigenvalue weighted by molar-refractivity contribution is 1.41. The molecule has 0 aliphatic carbocycles. The molecule has 0 aliphatic rings. The minimum absolute atomic E-state index is 0.706. The Hall–Kier alpha value is -1.20. The Morgan fingerprint density at radius 2 is 2.08 bits per heavy atom. The quantitative estimate of drug-likeness (QED) is 0.521. The van der Waals surface area contributed by atoms with E-state index in [9.17, 15) is 0 Å². The summed E-state index contributed by atoms with van der Waals surface area (Å²) in [5.74, 6) is 0.909. The summed E-state index contributed by atoms with van der Waals surface area (Å²) in [4.78, 5) is 1.17. The van der Waals surface area contributed by atoms with Gasteiger partial charge in [-0.2, -0.15) is 5.26 Å². The van der Waals surface area contributed by atoms with Gasteiger partial charge in [-0.15, -0.1) is 18.3 Å². The molecule has 1 aromatic carbocycles. The normalized spacial score (nSPS) is 8.92. The summed E-state index contributed by atoms with van der Waals surface area (Å²) in [5, 5.41) is 8.53. The average Bonchev–Trinajstić information content (AvgIpc) is 2.15. The molecule has 0 bridgehead atoms. The van der Waals surface area contributed by atoms with E-state index in [-0.39, 0.29) is 0 Å². The Morgan fingerprint density at radius 3 is 2.58 bits per heavy atom. The molecule has 0 spiro atoms. The van der Waals surface area contributed by atoms with Gasteiger partial charge in [0.1, 0.15) is 0 Å². The molecule has 0 saturated heterocycles. The van der Waals surface area contributed by atoms with Crippen molar-refractivity contribution in [2.75, 3.05) is 5.75 Å². The molecule has 2 heteroatoms. The highest BCUT2D eigenvalue weighted by Crippen LogP contribution is 2.17. The van der Waals surface area contributed by atoms with Crippen molar-refractivity contribution in [3.05, 3.63) is 42.5 Å². The molecule has 0 atom stereocenters. The Morgan fingerprint density at radius 1 is 1.42 bits per heavy atom. The van der Waals surface area contributed by atoms with Crippen LogP contribution in [0.25, 0.3) is 0 Å². The van der Waals surface area contributed by atoms with E-state index in [1.165, 1.54) is 4.90 Å². The SMILES string of the molecule is C=CCSc1ccc(C#N)cc1. The van der Waals surface area contributed by atoms with Crippen molar-refractivity contribution in [2.45, 2.75) is 4.90 Å². The lowest BCUT2D eigenvalue weighted by Crippen LogP contribution is -1.75. The summed E-state index contributed by atoms with van der Waals surface area (Å²) >= 11 is 1.71. The first kappa shape index (κ1) is 8.89. The molecule has 0 amide bonds. The molecule has 12 heavy (non-hydrogen) atoms. The zero-order valence-corrected chi connectivity index (χ0v) is 7.47. The highest BCUT2D eigenvalue weighted by atomic mass is 32.2. The zero-order valence-electron chi connectivity index (χ0n) is 6.66. The van der Waals surface area contributed by atoms with Crippen molar-refractivity contribution in [2.24, 2.45) is 0 Å². The second-order valence-corrected chi connectivity index (χ2v) is 3.33. The number of hydrogen-bond donors (Lipinski definition) is 0. The van der Waals surface area contributed by atoms with Gasteiger partial charge >= 0.3 is 0 Å². The molecule has 0 heterocycles. The molecule has 0 N–H and O–H groups in total. The highest BCUT2D eigenvalue weighted by Gasteiger charge is 1.91. The third-order valence-corrected chi connectivity index (χ3v) is 2.36. The van der Waals surface area contributed by atoms with Gasteiger partial charge in [0, 0.05) is 10.6 Å². The van der Waals surface area contributed by atoms with Gasteiger partial charge in [-0.25, -0.2) is 0 Å². The average molecular weight is 175 g/mol. The summed E-state index contributed by atoms with van der Waals surface area (Å²) in [5.41, 5.74) is 0.706. The molecule has 0 unspecified atom stereocenters. The van der Waals surface area contributed by atoms with Crippen LogP contribution in [0.15, 0.2) is 41.8 Å². The maximum atomic E-state index is 8.53. The van der Waals surface area contributed by atoms with Gasteiger partial charge in [0.25, 0.3) is 0 Å². The Kier molecular flexibility index (Phi) is 3.43. The molecule has 0 aromatic heterocycles. The van der Waals surface area contributed by atoms with Gasteiger partial charge < -0.3 is 0 Å². The van der Waals surface area contributed by atoms with Gasteiger partial charge in [0.15, 0.2) is 0 Å². The lowest BCUT2D eigenvalue weighted by Gasteiger charge is -1.96. The van der Waals surface area contributed by atoms with Crippen LogP contribution >= 0.6 is 11.8 Å². The van der Waals surface area contributed by atoms with E-state index < -0.39 is 0 Å². The van der Waals surface area contributed by atoms with Crippen molar-refractivity contribution in [1.82, 2.24) is 0 Å². The molecule has 60 valence electrons. The summed E-state index contributed by atoms with van der Waals surface area (Å²) in [6.07, 6.45) is 1.86. The largest absolute Gasteiger partial charge is 0.192 e. The van der Waals surface area contributed by atoms with Crippen LogP contribution in [0.3, 0.4) is 0 Å². The fraction of sp³-hybridized carbons (Fsp3) is 0.100. The van der Waals surface area contributed by atoms with Crippen LogP contribution in [0.2, 0.25) is 0 Å². The Balaban J connectivity index is 2.66. The molecule has 1 rings (SSSR count). The van der Waals surface area contributed by atoms with Crippen LogP contribution in [0.4, 0.5) is 0 Å². The first-order chi connectivity index (χ1) is 5.86. The van der Waals surface area contributed by atoms with Crippen LogP contribution in [-0.2, 0) is 0 Å². The maximum absolute atomic E-state index is 8.53. The number of nitrogens with zero attached hydrogens (tertiary/aromatic N) is 1. The zero-order chi connectivity index (χ0) is 8.81. The van der Waals surface area contributed by atoms with E-state index in [0.717, 1.165) is 5.75 Å². The Labute approximate surface area is 76.7 Å². The van der Waals surface area contributed by atoms with Crippen molar-refractivity contribution < 1.29 is 0 Å². The summed E-state index contributed by atoms with van der Waals surface area (Å²) < 4.78 is 0. The standard InChI is InChI=1S/C10H9NS/c1-2-7-12-10-5-3-9(8-11)4-6-10/h2-6H,1,7H2.